The molecule has 15 heavy (non-hydrogen) atoms. The van der Waals surface area contributed by atoms with E-state index >= 15 is 0 Å². The molecule has 0 radical (unpaired) electrons. The lowest BCUT2D eigenvalue weighted by Crippen LogP contribution is -2.45. The Bertz CT molecular complexity index is 193. The van der Waals surface area contributed by atoms with E-state index in [-0.39, 0.29) is 5.91 Å². The third kappa shape index (κ3) is 5.71. The van der Waals surface area contributed by atoms with Gasteiger partial charge in [0.25, 0.3) is 0 Å². The minimum atomic E-state index is -0.256. The van der Waals surface area contributed by atoms with Crippen LogP contribution in [0.5, 0.6) is 0 Å². The first kappa shape index (κ1) is 12.4. The molecule has 1 fully saturated rings. The van der Waals surface area contributed by atoms with Crippen LogP contribution >= 0.6 is 0 Å². The lowest BCUT2D eigenvalue weighted by atomic mass is 10.1. The van der Waals surface area contributed by atoms with Crippen molar-refractivity contribution >= 4 is 5.91 Å². The molecule has 1 saturated heterocycles. The first-order chi connectivity index (χ1) is 7.18. The summed E-state index contributed by atoms with van der Waals surface area (Å²) in [6.45, 7) is 5.28. The zero-order chi connectivity index (χ0) is 11.1. The van der Waals surface area contributed by atoms with E-state index in [4.69, 9.17) is 10.5 Å². The van der Waals surface area contributed by atoms with Crippen LogP contribution in [0, 0.1) is 0 Å². The van der Waals surface area contributed by atoms with E-state index in [1.165, 1.54) is 0 Å². The topological polar surface area (TPSA) is 76.4 Å². The lowest BCUT2D eigenvalue weighted by Gasteiger charge is -2.26. The van der Waals surface area contributed by atoms with Gasteiger partial charge in [-0.1, -0.05) is 0 Å². The molecule has 0 aliphatic carbocycles. The minimum Gasteiger partial charge on any atom is -0.379 e. The van der Waals surface area contributed by atoms with E-state index in [1.807, 2.05) is 0 Å². The van der Waals surface area contributed by atoms with Crippen molar-refractivity contribution in [3.05, 3.63) is 0 Å². The molecule has 2 unspecified atom stereocenters. The first-order valence-corrected chi connectivity index (χ1v) is 5.51. The Morgan fingerprint density at radius 2 is 2.53 bits per heavy atom. The van der Waals surface area contributed by atoms with Crippen LogP contribution in [0.25, 0.3) is 0 Å². The highest BCUT2D eigenvalue weighted by Gasteiger charge is 2.15. The molecule has 1 amide bonds. The molecule has 5 heteroatoms. The molecule has 1 rings (SSSR count). The number of hydrogen-bond donors (Lipinski definition) is 3. The molecular formula is C10H21N3O2. The average Bonchev–Trinajstić information content (AvgIpc) is 2.18. The van der Waals surface area contributed by atoms with E-state index in [9.17, 15) is 4.79 Å². The van der Waals surface area contributed by atoms with Crippen molar-refractivity contribution in [3.8, 4) is 0 Å². The molecule has 5 nitrogen and oxygen atoms in total. The van der Waals surface area contributed by atoms with Crippen LogP contribution in [0.15, 0.2) is 0 Å². The molecule has 0 aromatic rings. The summed E-state index contributed by atoms with van der Waals surface area (Å²) in [6, 6.07) is 0.804. The molecule has 0 aromatic heterocycles. The Kier molecular flexibility index (Phi) is 5.60. The van der Waals surface area contributed by atoms with E-state index in [2.05, 4.69) is 17.6 Å². The summed E-state index contributed by atoms with van der Waals surface area (Å²) >= 11 is 0. The quantitative estimate of drug-likeness (QED) is 0.543. The van der Waals surface area contributed by atoms with Crippen molar-refractivity contribution in [1.82, 2.24) is 10.6 Å². The second-order valence-corrected chi connectivity index (χ2v) is 4.03. The molecule has 0 aromatic carbocycles. The number of hydrogen-bond acceptors (Lipinski definition) is 4. The zero-order valence-electron chi connectivity index (χ0n) is 9.29. The standard InChI is InChI=1S/C10H21N3O2/c1-8(12-3-2-10(11)14)6-9-7-15-5-4-13-9/h8-9,12-13H,2-7H2,1H3,(H2,11,14). The van der Waals surface area contributed by atoms with Crippen LogP contribution in [-0.2, 0) is 9.53 Å². The summed E-state index contributed by atoms with van der Waals surface area (Å²) in [5, 5.41) is 6.66. The van der Waals surface area contributed by atoms with Gasteiger partial charge in [-0.2, -0.15) is 0 Å². The molecular weight excluding hydrogens is 194 g/mol. The van der Waals surface area contributed by atoms with Gasteiger partial charge in [0.2, 0.25) is 5.91 Å². The van der Waals surface area contributed by atoms with Gasteiger partial charge in [-0.3, -0.25) is 4.79 Å². The molecule has 0 saturated carbocycles. The van der Waals surface area contributed by atoms with Gasteiger partial charge in [0.1, 0.15) is 0 Å². The first-order valence-electron chi connectivity index (χ1n) is 5.51. The summed E-state index contributed by atoms with van der Waals surface area (Å²) in [5.74, 6) is -0.256. The lowest BCUT2D eigenvalue weighted by molar-refractivity contribution is -0.117. The summed E-state index contributed by atoms with van der Waals surface area (Å²) in [7, 11) is 0. The van der Waals surface area contributed by atoms with Gasteiger partial charge in [0.15, 0.2) is 0 Å². The average molecular weight is 215 g/mol. The summed E-state index contributed by atoms with van der Waals surface area (Å²) < 4.78 is 5.36. The Morgan fingerprint density at radius 3 is 3.13 bits per heavy atom. The second-order valence-electron chi connectivity index (χ2n) is 4.03. The van der Waals surface area contributed by atoms with Crippen molar-refractivity contribution < 1.29 is 9.53 Å². The molecule has 2 atom stereocenters. The van der Waals surface area contributed by atoms with Crippen LogP contribution in [0.3, 0.4) is 0 Å². The van der Waals surface area contributed by atoms with Crippen molar-refractivity contribution in [2.75, 3.05) is 26.3 Å². The zero-order valence-corrected chi connectivity index (χ0v) is 9.29. The van der Waals surface area contributed by atoms with Crippen molar-refractivity contribution in [3.63, 3.8) is 0 Å². The molecule has 1 heterocycles. The molecule has 4 N–H and O–H groups in total. The fraction of sp³-hybridized carbons (Fsp3) is 0.900. The van der Waals surface area contributed by atoms with Gasteiger partial charge >= 0.3 is 0 Å². The van der Waals surface area contributed by atoms with E-state index in [0.29, 0.717) is 25.0 Å². The van der Waals surface area contributed by atoms with Gasteiger partial charge in [-0.25, -0.2) is 0 Å². The minimum absolute atomic E-state index is 0.256. The van der Waals surface area contributed by atoms with E-state index in [1.54, 1.807) is 0 Å². The number of morpholine rings is 1. The number of nitrogens with one attached hydrogen (secondary N) is 2. The maximum Gasteiger partial charge on any atom is 0.218 e. The van der Waals surface area contributed by atoms with Crippen LogP contribution < -0.4 is 16.4 Å². The maximum absolute atomic E-state index is 10.5. The van der Waals surface area contributed by atoms with Crippen LogP contribution in [0.2, 0.25) is 0 Å². The van der Waals surface area contributed by atoms with Gasteiger partial charge < -0.3 is 21.1 Å². The molecule has 1 aliphatic rings. The number of rotatable bonds is 6. The summed E-state index contributed by atoms with van der Waals surface area (Å²) in [5.41, 5.74) is 5.05. The van der Waals surface area contributed by atoms with Crippen LogP contribution in [0.4, 0.5) is 0 Å². The molecule has 0 spiro atoms. The largest absolute Gasteiger partial charge is 0.379 e. The predicted octanol–water partition coefficient (Wildman–Crippen LogP) is -0.782. The highest BCUT2D eigenvalue weighted by atomic mass is 16.5. The maximum atomic E-state index is 10.5. The molecule has 1 aliphatic heterocycles. The monoisotopic (exact) mass is 215 g/mol. The van der Waals surface area contributed by atoms with Crippen LogP contribution in [0.1, 0.15) is 19.8 Å². The number of carbonyl (C=O) groups is 1. The van der Waals surface area contributed by atoms with Gasteiger partial charge in [0, 0.05) is 31.6 Å². The Labute approximate surface area is 90.7 Å². The van der Waals surface area contributed by atoms with Crippen molar-refractivity contribution in [1.29, 1.82) is 0 Å². The molecule has 0 bridgehead atoms. The number of primary amides is 1. The Balaban J connectivity index is 2.06. The predicted molar refractivity (Wildman–Crippen MR) is 58.5 cm³/mol. The van der Waals surface area contributed by atoms with E-state index < -0.39 is 0 Å². The Hall–Kier alpha value is -0.650. The second kappa shape index (κ2) is 6.76. The summed E-state index contributed by atoms with van der Waals surface area (Å²) in [6.07, 6.45) is 1.41. The normalized spacial score (nSPS) is 23.7. The van der Waals surface area contributed by atoms with Gasteiger partial charge in [-0.15, -0.1) is 0 Å². The van der Waals surface area contributed by atoms with Crippen molar-refractivity contribution in [2.45, 2.75) is 31.8 Å². The smallest absolute Gasteiger partial charge is 0.218 e. The van der Waals surface area contributed by atoms with Gasteiger partial charge in [-0.05, 0) is 13.3 Å². The molecule has 88 valence electrons. The van der Waals surface area contributed by atoms with Crippen LogP contribution in [-0.4, -0.2) is 44.3 Å². The fourth-order valence-corrected chi connectivity index (χ4v) is 1.72. The number of ether oxygens (including phenoxy) is 1. The Morgan fingerprint density at radius 1 is 1.73 bits per heavy atom. The summed E-state index contributed by atoms with van der Waals surface area (Å²) in [4.78, 5) is 10.5. The van der Waals surface area contributed by atoms with Crippen molar-refractivity contribution in [2.24, 2.45) is 5.73 Å². The third-order valence-electron chi connectivity index (χ3n) is 2.50. The number of nitrogens with two attached hydrogens (primary N) is 1. The third-order valence-corrected chi connectivity index (χ3v) is 2.50. The number of carbonyl (C=O) groups excluding carboxylic acids is 1. The van der Waals surface area contributed by atoms with Gasteiger partial charge in [0.05, 0.1) is 13.2 Å². The highest BCUT2D eigenvalue weighted by Crippen LogP contribution is 2.02. The number of amides is 1. The fourth-order valence-electron chi connectivity index (χ4n) is 1.72. The van der Waals surface area contributed by atoms with E-state index in [0.717, 1.165) is 26.2 Å². The highest BCUT2D eigenvalue weighted by molar-refractivity contribution is 5.73. The SMILES string of the molecule is CC(CC1COCCN1)NCCC(N)=O.